The minimum atomic E-state index is -0.714. The van der Waals surface area contributed by atoms with Crippen LogP contribution in [0.25, 0.3) is 0 Å². The quantitative estimate of drug-likeness (QED) is 0.581. The Hall–Kier alpha value is -1.42. The molecule has 0 aromatic heterocycles. The fraction of sp³-hybridized carbons (Fsp3) is 0.300. The number of hydrogen-bond donors (Lipinski definition) is 1. The van der Waals surface area contributed by atoms with Crippen molar-refractivity contribution in [3.05, 3.63) is 35.1 Å². The molecule has 0 bridgehead atoms. The summed E-state index contributed by atoms with van der Waals surface area (Å²) >= 11 is 0. The lowest BCUT2D eigenvalue weighted by atomic mass is 10.1. The highest BCUT2D eigenvalue weighted by atomic mass is 19.1. The van der Waals surface area contributed by atoms with Gasteiger partial charge in [0.1, 0.15) is 5.82 Å². The van der Waals surface area contributed by atoms with Crippen molar-refractivity contribution in [3.63, 3.8) is 0 Å². The smallest absolute Gasteiger partial charge is 0.280 e. The first-order chi connectivity index (χ1) is 6.56. The number of amides is 1. The van der Waals surface area contributed by atoms with Gasteiger partial charge in [0.05, 0.1) is 5.56 Å². The molecule has 1 aromatic rings. The van der Waals surface area contributed by atoms with Gasteiger partial charge in [0, 0.05) is 6.54 Å². The summed E-state index contributed by atoms with van der Waals surface area (Å²) in [6, 6.07) is 4.20. The molecule has 0 radical (unpaired) electrons. The lowest BCUT2D eigenvalue weighted by Crippen LogP contribution is -2.27. The number of benzene rings is 1. The van der Waals surface area contributed by atoms with Gasteiger partial charge in [0.15, 0.2) is 0 Å². The maximum absolute atomic E-state index is 13.2. The van der Waals surface area contributed by atoms with E-state index in [-0.39, 0.29) is 12.1 Å². The Morgan fingerprint density at radius 2 is 2.21 bits per heavy atom. The number of carbonyl (C=O) groups is 1. The van der Waals surface area contributed by atoms with Crippen LogP contribution in [-0.4, -0.2) is 22.7 Å². The summed E-state index contributed by atoms with van der Waals surface area (Å²) in [5.41, 5.74) is 0.675. The Morgan fingerprint density at radius 1 is 1.57 bits per heavy atom. The van der Waals surface area contributed by atoms with Gasteiger partial charge < -0.3 is 0 Å². The zero-order valence-electron chi connectivity index (χ0n) is 8.12. The topological polar surface area (TPSA) is 40.5 Å². The van der Waals surface area contributed by atoms with Crippen molar-refractivity contribution in [1.82, 2.24) is 5.06 Å². The lowest BCUT2D eigenvalue weighted by Gasteiger charge is -2.12. The van der Waals surface area contributed by atoms with Crippen LogP contribution in [0.1, 0.15) is 22.8 Å². The van der Waals surface area contributed by atoms with Crippen LogP contribution in [0.3, 0.4) is 0 Å². The zero-order chi connectivity index (χ0) is 10.7. The molecule has 0 saturated carbocycles. The molecule has 0 saturated heterocycles. The Morgan fingerprint density at radius 3 is 2.79 bits per heavy atom. The van der Waals surface area contributed by atoms with E-state index >= 15 is 0 Å². The van der Waals surface area contributed by atoms with Crippen molar-refractivity contribution in [3.8, 4) is 0 Å². The zero-order valence-corrected chi connectivity index (χ0v) is 8.12. The Balaban J connectivity index is 3.06. The van der Waals surface area contributed by atoms with E-state index in [9.17, 15) is 9.18 Å². The monoisotopic (exact) mass is 197 g/mol. The van der Waals surface area contributed by atoms with Crippen molar-refractivity contribution < 1.29 is 14.4 Å². The summed E-state index contributed by atoms with van der Waals surface area (Å²) in [5.74, 6) is -1.33. The van der Waals surface area contributed by atoms with Crippen molar-refractivity contribution in [2.24, 2.45) is 0 Å². The average molecular weight is 197 g/mol. The first kappa shape index (κ1) is 10.7. The van der Waals surface area contributed by atoms with E-state index in [1.54, 1.807) is 19.9 Å². The van der Waals surface area contributed by atoms with Gasteiger partial charge >= 0.3 is 0 Å². The molecule has 1 N–H and O–H groups in total. The van der Waals surface area contributed by atoms with Gasteiger partial charge in [-0.3, -0.25) is 10.0 Å². The number of hydroxylamine groups is 2. The normalized spacial score (nSPS) is 10.0. The Kier molecular flexibility index (Phi) is 3.19. The summed E-state index contributed by atoms with van der Waals surface area (Å²) in [6.45, 7) is 3.49. The summed E-state index contributed by atoms with van der Waals surface area (Å²) < 4.78 is 13.2. The van der Waals surface area contributed by atoms with Gasteiger partial charge in [-0.1, -0.05) is 11.6 Å². The fourth-order valence-corrected chi connectivity index (χ4v) is 1.09. The lowest BCUT2D eigenvalue weighted by molar-refractivity contribution is -0.0544. The molecule has 0 aliphatic heterocycles. The van der Waals surface area contributed by atoms with E-state index in [1.807, 2.05) is 0 Å². The molecule has 1 amide bonds. The van der Waals surface area contributed by atoms with Gasteiger partial charge in [-0.15, -0.1) is 0 Å². The van der Waals surface area contributed by atoms with Crippen LogP contribution in [0.2, 0.25) is 0 Å². The highest BCUT2D eigenvalue weighted by Gasteiger charge is 2.16. The van der Waals surface area contributed by atoms with Gasteiger partial charge in [-0.2, -0.15) is 0 Å². The molecule has 1 aromatic carbocycles. The van der Waals surface area contributed by atoms with Gasteiger partial charge in [0.2, 0.25) is 0 Å². The highest BCUT2D eigenvalue weighted by molar-refractivity contribution is 5.93. The molecule has 76 valence electrons. The van der Waals surface area contributed by atoms with Crippen molar-refractivity contribution in [2.75, 3.05) is 6.54 Å². The molecule has 0 aliphatic rings. The van der Waals surface area contributed by atoms with E-state index in [1.165, 1.54) is 12.1 Å². The van der Waals surface area contributed by atoms with Crippen LogP contribution in [-0.2, 0) is 0 Å². The predicted octanol–water partition coefficient (Wildman–Crippen LogP) is 1.99. The molecule has 0 spiro atoms. The number of aryl methyl sites for hydroxylation is 1. The van der Waals surface area contributed by atoms with E-state index in [0.717, 1.165) is 5.56 Å². The molecule has 3 nitrogen and oxygen atoms in total. The third-order valence-electron chi connectivity index (χ3n) is 1.89. The number of halogens is 1. The summed E-state index contributed by atoms with van der Waals surface area (Å²) in [4.78, 5) is 11.4. The second kappa shape index (κ2) is 4.19. The average Bonchev–Trinajstić information content (AvgIpc) is 2.19. The second-order valence-corrected chi connectivity index (χ2v) is 3.00. The molecule has 14 heavy (non-hydrogen) atoms. The van der Waals surface area contributed by atoms with Crippen molar-refractivity contribution in [1.29, 1.82) is 0 Å². The van der Waals surface area contributed by atoms with Crippen LogP contribution in [0.5, 0.6) is 0 Å². The van der Waals surface area contributed by atoms with Gasteiger partial charge in [-0.25, -0.2) is 9.45 Å². The van der Waals surface area contributed by atoms with Crippen LogP contribution < -0.4 is 0 Å². The van der Waals surface area contributed by atoms with E-state index in [2.05, 4.69) is 0 Å². The van der Waals surface area contributed by atoms with Gasteiger partial charge in [0.25, 0.3) is 5.91 Å². The maximum Gasteiger partial charge on any atom is 0.280 e. The van der Waals surface area contributed by atoms with E-state index < -0.39 is 11.7 Å². The fourth-order valence-electron chi connectivity index (χ4n) is 1.09. The van der Waals surface area contributed by atoms with Crippen LogP contribution in [0.4, 0.5) is 4.39 Å². The van der Waals surface area contributed by atoms with E-state index in [4.69, 9.17) is 5.21 Å². The minimum absolute atomic E-state index is 0.102. The Labute approximate surface area is 81.7 Å². The maximum atomic E-state index is 13.2. The molecular formula is C10H12FNO2. The summed E-state index contributed by atoms with van der Waals surface area (Å²) in [5, 5.41) is 9.60. The number of nitrogens with zero attached hydrogens (tertiary/aromatic N) is 1. The van der Waals surface area contributed by atoms with Crippen molar-refractivity contribution in [2.45, 2.75) is 13.8 Å². The molecule has 0 fully saturated rings. The molecule has 4 heteroatoms. The van der Waals surface area contributed by atoms with Crippen molar-refractivity contribution >= 4 is 5.91 Å². The summed E-state index contributed by atoms with van der Waals surface area (Å²) in [7, 11) is 0. The SMILES string of the molecule is CCN(O)C(=O)c1cc(C)ccc1F. The third-order valence-corrected chi connectivity index (χ3v) is 1.89. The third kappa shape index (κ3) is 2.09. The largest absolute Gasteiger partial charge is 0.286 e. The standard InChI is InChI=1S/C10H12FNO2/c1-3-12(14)10(13)8-6-7(2)4-5-9(8)11/h4-6,14H,3H2,1-2H3. The molecule has 0 heterocycles. The number of rotatable bonds is 2. The molecule has 1 rings (SSSR count). The van der Waals surface area contributed by atoms with Crippen LogP contribution in [0, 0.1) is 12.7 Å². The Bertz CT molecular complexity index is 352. The molecule has 0 unspecified atom stereocenters. The molecular weight excluding hydrogens is 185 g/mol. The minimum Gasteiger partial charge on any atom is -0.286 e. The van der Waals surface area contributed by atoms with Crippen LogP contribution >= 0.6 is 0 Å². The predicted molar refractivity (Wildman–Crippen MR) is 49.6 cm³/mol. The van der Waals surface area contributed by atoms with E-state index in [0.29, 0.717) is 5.06 Å². The second-order valence-electron chi connectivity index (χ2n) is 3.00. The summed E-state index contributed by atoms with van der Waals surface area (Å²) in [6.07, 6.45) is 0. The first-order valence-corrected chi connectivity index (χ1v) is 4.33. The highest BCUT2D eigenvalue weighted by Crippen LogP contribution is 2.11. The molecule has 0 atom stereocenters. The van der Waals surface area contributed by atoms with Gasteiger partial charge in [-0.05, 0) is 26.0 Å². The molecule has 0 aliphatic carbocycles. The number of hydrogen-bond acceptors (Lipinski definition) is 2. The number of carbonyl (C=O) groups excluding carboxylic acids is 1. The first-order valence-electron chi connectivity index (χ1n) is 4.33. The van der Waals surface area contributed by atoms with Crippen LogP contribution in [0.15, 0.2) is 18.2 Å².